The van der Waals surface area contributed by atoms with Crippen LogP contribution in [0.15, 0.2) is 47.5 Å². The number of nitrogens with zero attached hydrogens (tertiary/aromatic N) is 1. The molecule has 0 saturated carbocycles. The summed E-state index contributed by atoms with van der Waals surface area (Å²) in [5.41, 5.74) is 1.63. The van der Waals surface area contributed by atoms with E-state index in [0.29, 0.717) is 0 Å². The summed E-state index contributed by atoms with van der Waals surface area (Å²) in [6.07, 6.45) is 1.60. The second-order valence-corrected chi connectivity index (χ2v) is 6.23. The van der Waals surface area contributed by atoms with Gasteiger partial charge in [-0.2, -0.15) is 0 Å². The van der Waals surface area contributed by atoms with Crippen molar-refractivity contribution in [2.45, 2.75) is 18.4 Å². The average molecular weight is 306 g/mol. The molecule has 2 aromatic rings. The van der Waals surface area contributed by atoms with Crippen molar-refractivity contribution in [3.63, 3.8) is 0 Å². The van der Waals surface area contributed by atoms with Crippen molar-refractivity contribution < 1.29 is 18.3 Å². The van der Waals surface area contributed by atoms with Gasteiger partial charge in [-0.1, -0.05) is 6.07 Å². The fourth-order valence-electron chi connectivity index (χ4n) is 1.64. The molecule has 0 amide bonds. The molecule has 0 aliphatic carbocycles. The first kappa shape index (κ1) is 15.1. The van der Waals surface area contributed by atoms with Crippen molar-refractivity contribution in [1.29, 1.82) is 0 Å². The molecule has 2 rings (SSSR count). The molecule has 0 unspecified atom stereocenters. The number of aryl methyl sites for hydroxylation is 1. The maximum Gasteiger partial charge on any atom is 0.335 e. The Morgan fingerprint density at radius 3 is 2.38 bits per heavy atom. The minimum atomic E-state index is -3.68. The fraction of sp³-hybridized carbons (Fsp3) is 0.143. The van der Waals surface area contributed by atoms with Crippen molar-refractivity contribution in [3.8, 4) is 0 Å². The molecule has 0 aliphatic rings. The number of sulfonamides is 1. The van der Waals surface area contributed by atoms with E-state index in [9.17, 15) is 13.2 Å². The van der Waals surface area contributed by atoms with Gasteiger partial charge in [0.05, 0.1) is 10.5 Å². The first-order chi connectivity index (χ1) is 9.88. The van der Waals surface area contributed by atoms with E-state index in [1.165, 1.54) is 24.3 Å². The average Bonchev–Trinajstić information content (AvgIpc) is 2.47. The Labute approximate surface area is 122 Å². The number of aromatic carboxylic acids is 1. The number of carboxylic acid groups (broad SMARTS) is 1. The van der Waals surface area contributed by atoms with Crippen LogP contribution in [0.3, 0.4) is 0 Å². The van der Waals surface area contributed by atoms with E-state index in [0.717, 1.165) is 11.3 Å². The number of carboxylic acids is 1. The van der Waals surface area contributed by atoms with Crippen molar-refractivity contribution >= 4 is 16.0 Å². The fourth-order valence-corrected chi connectivity index (χ4v) is 2.66. The Balaban J connectivity index is 2.11. The molecule has 0 bridgehead atoms. The third-order valence-electron chi connectivity index (χ3n) is 2.85. The van der Waals surface area contributed by atoms with Gasteiger partial charge in [0, 0.05) is 18.4 Å². The molecule has 0 atom stereocenters. The minimum absolute atomic E-state index is 0.0209. The zero-order valence-electron chi connectivity index (χ0n) is 11.3. The number of carbonyl (C=O) groups is 1. The van der Waals surface area contributed by atoms with Crippen LogP contribution in [0.4, 0.5) is 0 Å². The van der Waals surface area contributed by atoms with E-state index in [2.05, 4.69) is 9.71 Å². The Bertz CT molecular complexity index is 738. The first-order valence-electron chi connectivity index (χ1n) is 6.13. The molecule has 2 N–H and O–H groups in total. The zero-order chi connectivity index (χ0) is 15.5. The topological polar surface area (TPSA) is 96.4 Å². The molecule has 0 saturated heterocycles. The predicted molar refractivity (Wildman–Crippen MR) is 76.4 cm³/mol. The normalized spacial score (nSPS) is 11.3. The number of benzene rings is 1. The molecule has 1 heterocycles. The summed E-state index contributed by atoms with van der Waals surface area (Å²) in [5.74, 6) is -1.10. The van der Waals surface area contributed by atoms with Crippen molar-refractivity contribution in [2.75, 3.05) is 0 Å². The molecule has 1 aromatic carbocycles. The molecule has 0 spiro atoms. The van der Waals surface area contributed by atoms with E-state index < -0.39 is 16.0 Å². The highest BCUT2D eigenvalue weighted by Gasteiger charge is 2.14. The maximum atomic E-state index is 12.1. The van der Waals surface area contributed by atoms with Crippen LogP contribution in [0.5, 0.6) is 0 Å². The van der Waals surface area contributed by atoms with E-state index in [1.54, 1.807) is 18.3 Å². The zero-order valence-corrected chi connectivity index (χ0v) is 12.1. The first-order valence-corrected chi connectivity index (χ1v) is 7.61. The van der Waals surface area contributed by atoms with Crippen molar-refractivity contribution in [1.82, 2.24) is 9.71 Å². The Kier molecular flexibility index (Phi) is 4.35. The van der Waals surface area contributed by atoms with Gasteiger partial charge in [-0.15, -0.1) is 0 Å². The van der Waals surface area contributed by atoms with Gasteiger partial charge in [0.25, 0.3) is 0 Å². The van der Waals surface area contributed by atoms with Gasteiger partial charge in [0.1, 0.15) is 0 Å². The lowest BCUT2D eigenvalue weighted by Gasteiger charge is -2.07. The summed E-state index contributed by atoms with van der Waals surface area (Å²) < 4.78 is 26.6. The molecule has 7 heteroatoms. The monoisotopic (exact) mass is 306 g/mol. The van der Waals surface area contributed by atoms with Gasteiger partial charge in [0.2, 0.25) is 10.0 Å². The van der Waals surface area contributed by atoms with Gasteiger partial charge >= 0.3 is 5.97 Å². The van der Waals surface area contributed by atoms with Crippen LogP contribution >= 0.6 is 0 Å². The summed E-state index contributed by atoms with van der Waals surface area (Å²) in [6, 6.07) is 8.62. The summed E-state index contributed by atoms with van der Waals surface area (Å²) >= 11 is 0. The minimum Gasteiger partial charge on any atom is -0.478 e. The standard InChI is InChI=1S/C14H14N2O4S/c1-10-2-3-11(8-15-10)9-16-21(19,20)13-6-4-12(5-7-13)14(17)18/h2-8,16H,9H2,1H3,(H,17,18). The highest BCUT2D eigenvalue weighted by Crippen LogP contribution is 2.11. The summed E-state index contributed by atoms with van der Waals surface area (Å²) in [6.45, 7) is 1.97. The largest absolute Gasteiger partial charge is 0.478 e. The predicted octanol–water partition coefficient (Wildman–Crippen LogP) is 1.57. The molecular formula is C14H14N2O4S. The van der Waals surface area contributed by atoms with Crippen molar-refractivity contribution in [3.05, 3.63) is 59.4 Å². The second-order valence-electron chi connectivity index (χ2n) is 4.46. The summed E-state index contributed by atoms with van der Waals surface area (Å²) in [4.78, 5) is 14.8. The van der Waals surface area contributed by atoms with E-state index in [4.69, 9.17) is 5.11 Å². The molecule has 110 valence electrons. The van der Waals surface area contributed by atoms with Gasteiger partial charge < -0.3 is 5.11 Å². The Morgan fingerprint density at radius 1 is 1.19 bits per heavy atom. The van der Waals surface area contributed by atoms with Crippen LogP contribution in [-0.4, -0.2) is 24.5 Å². The molecule has 21 heavy (non-hydrogen) atoms. The highest BCUT2D eigenvalue weighted by molar-refractivity contribution is 7.89. The quantitative estimate of drug-likeness (QED) is 0.874. The molecule has 0 fully saturated rings. The van der Waals surface area contributed by atoms with Gasteiger partial charge in [-0.05, 0) is 42.8 Å². The smallest absolute Gasteiger partial charge is 0.335 e. The van der Waals surface area contributed by atoms with Crippen LogP contribution in [-0.2, 0) is 16.6 Å². The van der Waals surface area contributed by atoms with Crippen LogP contribution in [0.1, 0.15) is 21.6 Å². The van der Waals surface area contributed by atoms with Crippen LogP contribution in [0.2, 0.25) is 0 Å². The Morgan fingerprint density at radius 2 is 1.86 bits per heavy atom. The van der Waals surface area contributed by atoms with Crippen LogP contribution in [0, 0.1) is 6.92 Å². The van der Waals surface area contributed by atoms with Gasteiger partial charge in [-0.25, -0.2) is 17.9 Å². The Hall–Kier alpha value is -2.25. The van der Waals surface area contributed by atoms with E-state index in [-0.39, 0.29) is 17.0 Å². The molecule has 1 aromatic heterocycles. The van der Waals surface area contributed by atoms with E-state index in [1.807, 2.05) is 6.92 Å². The third kappa shape index (κ3) is 3.87. The molecule has 0 radical (unpaired) electrons. The molecular weight excluding hydrogens is 292 g/mol. The molecule has 6 nitrogen and oxygen atoms in total. The number of rotatable bonds is 5. The lowest BCUT2D eigenvalue weighted by molar-refractivity contribution is 0.0696. The van der Waals surface area contributed by atoms with Crippen molar-refractivity contribution in [2.24, 2.45) is 0 Å². The number of nitrogens with one attached hydrogen (secondary N) is 1. The van der Waals surface area contributed by atoms with Gasteiger partial charge in [-0.3, -0.25) is 4.98 Å². The lowest BCUT2D eigenvalue weighted by Crippen LogP contribution is -2.23. The maximum absolute atomic E-state index is 12.1. The SMILES string of the molecule is Cc1ccc(CNS(=O)(=O)c2ccc(C(=O)O)cc2)cn1. The summed E-state index contributed by atoms with van der Waals surface area (Å²) in [7, 11) is -3.68. The van der Waals surface area contributed by atoms with Gasteiger partial charge in [0.15, 0.2) is 0 Å². The number of aromatic nitrogens is 1. The number of pyridine rings is 1. The third-order valence-corrected chi connectivity index (χ3v) is 4.27. The number of hydrogen-bond donors (Lipinski definition) is 2. The lowest BCUT2D eigenvalue weighted by atomic mass is 10.2. The highest BCUT2D eigenvalue weighted by atomic mass is 32.2. The second kappa shape index (κ2) is 6.02. The van der Waals surface area contributed by atoms with E-state index >= 15 is 0 Å². The van der Waals surface area contributed by atoms with Crippen LogP contribution < -0.4 is 4.72 Å². The van der Waals surface area contributed by atoms with Crippen LogP contribution in [0.25, 0.3) is 0 Å². The summed E-state index contributed by atoms with van der Waals surface area (Å²) in [5, 5.41) is 8.78. The molecule has 0 aliphatic heterocycles. The number of hydrogen-bond acceptors (Lipinski definition) is 4.